The summed E-state index contributed by atoms with van der Waals surface area (Å²) < 4.78 is 0. The molecule has 72 valence electrons. The molecule has 2 rings (SSSR count). The van der Waals surface area contributed by atoms with Gasteiger partial charge in [0.05, 0.1) is 10.5 Å². The molecule has 0 amide bonds. The quantitative estimate of drug-likeness (QED) is 0.726. The Morgan fingerprint density at radius 3 is 2.71 bits per heavy atom. The molecule has 0 saturated carbocycles. The molecule has 14 heavy (non-hydrogen) atoms. The molecule has 0 aliphatic heterocycles. The number of hydrogen-bond donors (Lipinski definition) is 1. The standard InChI is InChI=1S/C11H11NOS/c1-7-10(13)8-5-3-4-6-9(8)12-11(7)14-2/h3-6H,1-2H3,(H,12,13). The summed E-state index contributed by atoms with van der Waals surface area (Å²) in [5.74, 6) is 0. The van der Waals surface area contributed by atoms with Crippen molar-refractivity contribution in [3.63, 3.8) is 0 Å². The summed E-state index contributed by atoms with van der Waals surface area (Å²) in [5, 5.41) is 1.72. The third kappa shape index (κ3) is 1.34. The number of rotatable bonds is 1. The van der Waals surface area contributed by atoms with Crippen LogP contribution in [0.25, 0.3) is 10.9 Å². The molecule has 1 N–H and O–H groups in total. The van der Waals surface area contributed by atoms with Crippen LogP contribution in [0.3, 0.4) is 0 Å². The van der Waals surface area contributed by atoms with Crippen molar-refractivity contribution in [1.29, 1.82) is 0 Å². The molecule has 2 nitrogen and oxygen atoms in total. The Hall–Kier alpha value is -1.22. The van der Waals surface area contributed by atoms with Crippen LogP contribution in [0.5, 0.6) is 0 Å². The minimum absolute atomic E-state index is 0.128. The lowest BCUT2D eigenvalue weighted by molar-refractivity contribution is 1.11. The molecule has 0 radical (unpaired) electrons. The van der Waals surface area contributed by atoms with E-state index < -0.39 is 0 Å². The Labute approximate surface area is 86.3 Å². The first-order valence-electron chi connectivity index (χ1n) is 4.39. The van der Waals surface area contributed by atoms with Crippen LogP contribution in [0.2, 0.25) is 0 Å². The minimum Gasteiger partial charge on any atom is -0.349 e. The smallest absolute Gasteiger partial charge is 0.193 e. The van der Waals surface area contributed by atoms with Crippen LogP contribution in [0.15, 0.2) is 34.1 Å². The maximum absolute atomic E-state index is 11.9. The van der Waals surface area contributed by atoms with E-state index in [4.69, 9.17) is 0 Å². The summed E-state index contributed by atoms with van der Waals surface area (Å²) in [6, 6.07) is 7.59. The third-order valence-corrected chi connectivity index (χ3v) is 3.12. The van der Waals surface area contributed by atoms with Gasteiger partial charge in [-0.2, -0.15) is 0 Å². The van der Waals surface area contributed by atoms with E-state index in [9.17, 15) is 4.79 Å². The highest BCUT2D eigenvalue weighted by Gasteiger charge is 2.05. The Kier molecular flexibility index (Phi) is 2.33. The molecule has 1 heterocycles. The number of aromatic amines is 1. The van der Waals surface area contributed by atoms with Gasteiger partial charge < -0.3 is 4.98 Å². The maximum Gasteiger partial charge on any atom is 0.193 e. The number of aromatic nitrogens is 1. The van der Waals surface area contributed by atoms with Gasteiger partial charge in [0.2, 0.25) is 0 Å². The highest BCUT2D eigenvalue weighted by molar-refractivity contribution is 7.98. The van der Waals surface area contributed by atoms with E-state index in [-0.39, 0.29) is 5.43 Å². The van der Waals surface area contributed by atoms with E-state index >= 15 is 0 Å². The van der Waals surface area contributed by atoms with Crippen LogP contribution in [-0.2, 0) is 0 Å². The summed E-state index contributed by atoms with van der Waals surface area (Å²) in [7, 11) is 0. The number of benzene rings is 1. The first-order valence-corrected chi connectivity index (χ1v) is 5.62. The van der Waals surface area contributed by atoms with E-state index in [2.05, 4.69) is 4.98 Å². The zero-order valence-corrected chi connectivity index (χ0v) is 8.94. The first-order chi connectivity index (χ1) is 6.74. The number of para-hydroxylation sites is 1. The van der Waals surface area contributed by atoms with Gasteiger partial charge in [0.15, 0.2) is 5.43 Å². The Morgan fingerprint density at radius 1 is 1.29 bits per heavy atom. The number of nitrogens with one attached hydrogen (secondary N) is 1. The van der Waals surface area contributed by atoms with E-state index in [1.807, 2.05) is 37.4 Å². The predicted molar refractivity (Wildman–Crippen MR) is 61.1 cm³/mol. The van der Waals surface area contributed by atoms with Gasteiger partial charge in [-0.3, -0.25) is 4.79 Å². The summed E-state index contributed by atoms with van der Waals surface area (Å²) in [5.41, 5.74) is 1.84. The number of H-pyrrole nitrogens is 1. The molecular weight excluding hydrogens is 194 g/mol. The van der Waals surface area contributed by atoms with Gasteiger partial charge in [-0.1, -0.05) is 12.1 Å². The van der Waals surface area contributed by atoms with E-state index in [1.165, 1.54) is 0 Å². The predicted octanol–water partition coefficient (Wildman–Crippen LogP) is 2.56. The van der Waals surface area contributed by atoms with Crippen molar-refractivity contribution < 1.29 is 0 Å². The second-order valence-corrected chi connectivity index (χ2v) is 3.97. The molecule has 0 aliphatic carbocycles. The molecule has 3 heteroatoms. The number of hydrogen-bond acceptors (Lipinski definition) is 2. The molecule has 0 bridgehead atoms. The zero-order chi connectivity index (χ0) is 10.1. The first kappa shape index (κ1) is 9.34. The Balaban J connectivity index is 2.92. The van der Waals surface area contributed by atoms with E-state index in [1.54, 1.807) is 11.8 Å². The molecule has 0 atom stereocenters. The summed E-state index contributed by atoms with van der Waals surface area (Å²) in [6.45, 7) is 1.86. The van der Waals surface area contributed by atoms with Crippen LogP contribution in [-0.4, -0.2) is 11.2 Å². The van der Waals surface area contributed by atoms with E-state index in [0.717, 1.165) is 21.5 Å². The second kappa shape index (κ2) is 3.50. The van der Waals surface area contributed by atoms with Crippen molar-refractivity contribution in [2.45, 2.75) is 11.9 Å². The van der Waals surface area contributed by atoms with Gasteiger partial charge in [0, 0.05) is 10.9 Å². The molecular formula is C11H11NOS. The fourth-order valence-corrected chi connectivity index (χ4v) is 2.13. The third-order valence-electron chi connectivity index (χ3n) is 2.31. The highest BCUT2D eigenvalue weighted by atomic mass is 32.2. The van der Waals surface area contributed by atoms with Crippen molar-refractivity contribution in [3.8, 4) is 0 Å². The maximum atomic E-state index is 11.9. The van der Waals surface area contributed by atoms with Crippen LogP contribution >= 0.6 is 11.8 Å². The van der Waals surface area contributed by atoms with Gasteiger partial charge in [-0.25, -0.2) is 0 Å². The highest BCUT2D eigenvalue weighted by Crippen LogP contribution is 2.17. The Bertz CT molecular complexity index is 530. The Morgan fingerprint density at radius 2 is 2.00 bits per heavy atom. The monoisotopic (exact) mass is 205 g/mol. The zero-order valence-electron chi connectivity index (χ0n) is 8.13. The average molecular weight is 205 g/mol. The van der Waals surface area contributed by atoms with Crippen molar-refractivity contribution in [2.24, 2.45) is 0 Å². The molecule has 0 fully saturated rings. The molecule has 0 saturated heterocycles. The summed E-state index contributed by atoms with van der Waals surface area (Å²) >= 11 is 1.57. The van der Waals surface area contributed by atoms with Crippen molar-refractivity contribution in [2.75, 3.05) is 6.26 Å². The molecule has 1 aromatic heterocycles. The number of fused-ring (bicyclic) bond motifs is 1. The van der Waals surface area contributed by atoms with Gasteiger partial charge in [0.25, 0.3) is 0 Å². The molecule has 1 aromatic carbocycles. The van der Waals surface area contributed by atoms with Gasteiger partial charge in [-0.05, 0) is 25.3 Å². The van der Waals surface area contributed by atoms with E-state index in [0.29, 0.717) is 0 Å². The van der Waals surface area contributed by atoms with Gasteiger partial charge in [-0.15, -0.1) is 11.8 Å². The fraction of sp³-hybridized carbons (Fsp3) is 0.182. The van der Waals surface area contributed by atoms with Gasteiger partial charge in [0.1, 0.15) is 0 Å². The number of thioether (sulfide) groups is 1. The lowest BCUT2D eigenvalue weighted by Crippen LogP contribution is -2.08. The number of pyridine rings is 1. The minimum atomic E-state index is 0.128. The largest absolute Gasteiger partial charge is 0.349 e. The van der Waals surface area contributed by atoms with Crippen LogP contribution in [0.1, 0.15) is 5.56 Å². The van der Waals surface area contributed by atoms with Crippen LogP contribution in [0, 0.1) is 6.92 Å². The van der Waals surface area contributed by atoms with Gasteiger partial charge >= 0.3 is 0 Å². The molecule has 0 spiro atoms. The fourth-order valence-electron chi connectivity index (χ4n) is 1.52. The molecule has 0 aliphatic rings. The normalized spacial score (nSPS) is 10.7. The molecule has 2 aromatic rings. The van der Waals surface area contributed by atoms with Crippen molar-refractivity contribution in [3.05, 3.63) is 40.1 Å². The second-order valence-electron chi connectivity index (χ2n) is 3.16. The lowest BCUT2D eigenvalue weighted by Gasteiger charge is -2.04. The van der Waals surface area contributed by atoms with Crippen LogP contribution in [0.4, 0.5) is 0 Å². The molecule has 0 unspecified atom stereocenters. The van der Waals surface area contributed by atoms with Crippen LogP contribution < -0.4 is 5.43 Å². The summed E-state index contributed by atoms with van der Waals surface area (Å²) in [4.78, 5) is 15.1. The SMILES string of the molecule is CSc1[nH]c2ccccc2c(=O)c1C. The van der Waals surface area contributed by atoms with Crippen molar-refractivity contribution >= 4 is 22.7 Å². The lowest BCUT2D eigenvalue weighted by atomic mass is 10.1. The topological polar surface area (TPSA) is 32.9 Å². The average Bonchev–Trinajstić information content (AvgIpc) is 2.23. The summed E-state index contributed by atoms with van der Waals surface area (Å²) in [6.07, 6.45) is 1.97. The van der Waals surface area contributed by atoms with Crippen molar-refractivity contribution in [1.82, 2.24) is 4.98 Å².